The Bertz CT molecular complexity index is 534. The molecule has 1 nitrogen and oxygen atoms in total. The van der Waals surface area contributed by atoms with Gasteiger partial charge < -0.3 is 5.32 Å². The van der Waals surface area contributed by atoms with Gasteiger partial charge in [0.15, 0.2) is 11.6 Å². The van der Waals surface area contributed by atoms with E-state index in [0.29, 0.717) is 0 Å². The maximum absolute atomic E-state index is 13.3. The van der Waals surface area contributed by atoms with Gasteiger partial charge in [-0.2, -0.15) is 0 Å². The molecule has 0 aliphatic carbocycles. The van der Waals surface area contributed by atoms with E-state index in [1.54, 1.807) is 11.3 Å². The van der Waals surface area contributed by atoms with E-state index in [-0.39, 0.29) is 0 Å². The summed E-state index contributed by atoms with van der Waals surface area (Å²) in [6.45, 7) is 2.84. The van der Waals surface area contributed by atoms with Crippen LogP contribution in [0.1, 0.15) is 23.8 Å². The van der Waals surface area contributed by atoms with Crippen molar-refractivity contribution in [1.82, 2.24) is 5.32 Å². The Morgan fingerprint density at radius 1 is 1.24 bits per heavy atom. The lowest BCUT2D eigenvalue weighted by molar-refractivity contribution is 0.511. The molecule has 0 atom stereocenters. The molecule has 0 radical (unpaired) electrons. The van der Waals surface area contributed by atoms with Gasteiger partial charge in [-0.1, -0.05) is 13.3 Å². The highest BCUT2D eigenvalue weighted by Gasteiger charge is 2.14. The first-order valence-electron chi connectivity index (χ1n) is 5.71. The van der Waals surface area contributed by atoms with Crippen LogP contribution in [-0.2, 0) is 13.0 Å². The van der Waals surface area contributed by atoms with E-state index in [2.05, 4.69) is 12.2 Å². The molecule has 1 aromatic carbocycles. The number of hydrogen-bond acceptors (Lipinski definition) is 2. The topological polar surface area (TPSA) is 12.0 Å². The highest BCUT2D eigenvalue weighted by molar-refractivity contribution is 7.19. The highest BCUT2D eigenvalue weighted by atomic mass is 32.1. The van der Waals surface area contributed by atoms with Gasteiger partial charge in [-0.15, -0.1) is 11.3 Å². The average molecular weight is 255 g/mol. The SMILES string of the molecule is CCCc1c(CNC)sc2cc(F)c(F)cc12. The molecule has 0 fully saturated rings. The van der Waals surface area contributed by atoms with Crippen molar-refractivity contribution in [1.29, 1.82) is 0 Å². The summed E-state index contributed by atoms with van der Waals surface area (Å²) in [5.74, 6) is -1.53. The van der Waals surface area contributed by atoms with E-state index in [4.69, 9.17) is 0 Å². The predicted octanol–water partition coefficient (Wildman–Crippen LogP) is 3.85. The molecule has 17 heavy (non-hydrogen) atoms. The van der Waals surface area contributed by atoms with Gasteiger partial charge in [-0.25, -0.2) is 8.78 Å². The number of halogens is 2. The number of rotatable bonds is 4. The Morgan fingerprint density at radius 3 is 2.59 bits per heavy atom. The molecule has 1 N–H and O–H groups in total. The second-order valence-electron chi connectivity index (χ2n) is 4.05. The van der Waals surface area contributed by atoms with Crippen molar-refractivity contribution in [2.45, 2.75) is 26.3 Å². The Hall–Kier alpha value is -1.00. The van der Waals surface area contributed by atoms with Crippen molar-refractivity contribution >= 4 is 21.4 Å². The van der Waals surface area contributed by atoms with Gasteiger partial charge in [0.1, 0.15) is 0 Å². The van der Waals surface area contributed by atoms with Crippen LogP contribution in [0.4, 0.5) is 8.78 Å². The fraction of sp³-hybridized carbons (Fsp3) is 0.385. The molecule has 0 spiro atoms. The number of thiophene rings is 1. The molecule has 1 heterocycles. The Balaban J connectivity index is 2.62. The lowest BCUT2D eigenvalue weighted by Crippen LogP contribution is -2.05. The Kier molecular flexibility index (Phi) is 3.74. The normalized spacial score (nSPS) is 11.3. The third kappa shape index (κ3) is 2.33. The largest absolute Gasteiger partial charge is 0.315 e. The lowest BCUT2D eigenvalue weighted by atomic mass is 10.1. The summed E-state index contributed by atoms with van der Waals surface area (Å²) in [5, 5.41) is 3.96. The zero-order valence-electron chi connectivity index (χ0n) is 9.94. The van der Waals surface area contributed by atoms with Crippen LogP contribution >= 0.6 is 11.3 Å². The third-order valence-corrected chi connectivity index (χ3v) is 3.95. The molecular formula is C13H15F2NS. The van der Waals surface area contributed by atoms with Crippen molar-refractivity contribution < 1.29 is 8.78 Å². The monoisotopic (exact) mass is 255 g/mol. The van der Waals surface area contributed by atoms with Crippen molar-refractivity contribution in [3.63, 3.8) is 0 Å². The molecule has 1 aromatic heterocycles. The lowest BCUT2D eigenvalue weighted by Gasteiger charge is -2.02. The van der Waals surface area contributed by atoms with Gasteiger partial charge in [-0.3, -0.25) is 0 Å². The third-order valence-electron chi connectivity index (χ3n) is 2.75. The van der Waals surface area contributed by atoms with Crippen molar-refractivity contribution in [3.8, 4) is 0 Å². The van der Waals surface area contributed by atoms with Crippen LogP contribution in [0.15, 0.2) is 12.1 Å². The quantitative estimate of drug-likeness (QED) is 0.875. The molecule has 0 aliphatic rings. The molecule has 92 valence electrons. The zero-order valence-corrected chi connectivity index (χ0v) is 10.8. The average Bonchev–Trinajstić information content (AvgIpc) is 2.59. The molecule has 2 aromatic rings. The molecule has 0 saturated carbocycles. The first-order chi connectivity index (χ1) is 8.17. The number of nitrogens with one attached hydrogen (secondary N) is 1. The van der Waals surface area contributed by atoms with Crippen LogP contribution in [-0.4, -0.2) is 7.05 Å². The van der Waals surface area contributed by atoms with Crippen LogP contribution in [0, 0.1) is 11.6 Å². The van der Waals surface area contributed by atoms with E-state index in [1.165, 1.54) is 17.0 Å². The minimum absolute atomic E-state index is 0.748. The highest BCUT2D eigenvalue weighted by Crippen LogP contribution is 2.33. The van der Waals surface area contributed by atoms with Gasteiger partial charge in [0.2, 0.25) is 0 Å². The summed E-state index contributed by atoms with van der Waals surface area (Å²) in [6.07, 6.45) is 1.91. The summed E-state index contributed by atoms with van der Waals surface area (Å²) in [5.41, 5.74) is 1.15. The smallest absolute Gasteiger partial charge is 0.160 e. The van der Waals surface area contributed by atoms with Crippen molar-refractivity contribution in [2.24, 2.45) is 0 Å². The molecule has 0 amide bonds. The molecule has 0 aliphatic heterocycles. The van der Waals surface area contributed by atoms with Crippen molar-refractivity contribution in [2.75, 3.05) is 7.05 Å². The molecule has 2 rings (SSSR count). The zero-order chi connectivity index (χ0) is 12.4. The summed E-state index contributed by atoms with van der Waals surface area (Å²) >= 11 is 1.54. The van der Waals surface area contributed by atoms with Gasteiger partial charge in [0, 0.05) is 16.1 Å². The number of fused-ring (bicyclic) bond motifs is 1. The molecular weight excluding hydrogens is 240 g/mol. The second-order valence-corrected chi connectivity index (χ2v) is 5.18. The summed E-state index contributed by atoms with van der Waals surface area (Å²) in [6, 6.07) is 2.62. The standard InChI is InChI=1S/C13H15F2NS/c1-3-4-8-9-5-10(14)11(15)6-12(9)17-13(8)7-16-2/h5-6,16H,3-4,7H2,1-2H3. The van der Waals surface area contributed by atoms with Crippen molar-refractivity contribution in [3.05, 3.63) is 34.2 Å². The Morgan fingerprint density at radius 2 is 1.94 bits per heavy atom. The van der Waals surface area contributed by atoms with Crippen LogP contribution in [0.5, 0.6) is 0 Å². The summed E-state index contributed by atoms with van der Waals surface area (Å²) in [4.78, 5) is 1.18. The van der Waals surface area contributed by atoms with Gasteiger partial charge >= 0.3 is 0 Å². The van der Waals surface area contributed by atoms with Crippen LogP contribution in [0.3, 0.4) is 0 Å². The maximum Gasteiger partial charge on any atom is 0.160 e. The van der Waals surface area contributed by atoms with Gasteiger partial charge in [-0.05, 0) is 36.6 Å². The van der Waals surface area contributed by atoms with E-state index < -0.39 is 11.6 Å². The first-order valence-corrected chi connectivity index (χ1v) is 6.53. The van der Waals surface area contributed by atoms with Gasteiger partial charge in [0.25, 0.3) is 0 Å². The van der Waals surface area contributed by atoms with E-state index >= 15 is 0 Å². The van der Waals surface area contributed by atoms with E-state index in [9.17, 15) is 8.78 Å². The van der Waals surface area contributed by atoms with Crippen LogP contribution in [0.2, 0.25) is 0 Å². The number of benzene rings is 1. The molecule has 0 unspecified atom stereocenters. The van der Waals surface area contributed by atoms with Crippen LogP contribution in [0.25, 0.3) is 10.1 Å². The first kappa shape index (κ1) is 12.5. The molecule has 0 bridgehead atoms. The fourth-order valence-corrected chi connectivity index (χ4v) is 3.29. The number of aryl methyl sites for hydroxylation is 1. The predicted molar refractivity (Wildman–Crippen MR) is 68.5 cm³/mol. The molecule has 4 heteroatoms. The van der Waals surface area contributed by atoms with E-state index in [0.717, 1.165) is 35.0 Å². The number of hydrogen-bond donors (Lipinski definition) is 1. The maximum atomic E-state index is 13.3. The minimum atomic E-state index is -0.766. The molecule has 0 saturated heterocycles. The van der Waals surface area contributed by atoms with Gasteiger partial charge in [0.05, 0.1) is 0 Å². The minimum Gasteiger partial charge on any atom is -0.315 e. The summed E-state index contributed by atoms with van der Waals surface area (Å²) < 4.78 is 27.3. The van der Waals surface area contributed by atoms with Crippen LogP contribution < -0.4 is 5.32 Å². The Labute approximate surface area is 103 Å². The van der Waals surface area contributed by atoms with E-state index in [1.807, 2.05) is 7.05 Å². The fourth-order valence-electron chi connectivity index (χ4n) is 2.02. The second kappa shape index (κ2) is 5.10. The summed E-state index contributed by atoms with van der Waals surface area (Å²) in [7, 11) is 1.88.